The third-order valence-corrected chi connectivity index (χ3v) is 3.28. The molecule has 0 aromatic heterocycles. The molecule has 0 bridgehead atoms. The summed E-state index contributed by atoms with van der Waals surface area (Å²) in [5.74, 6) is 0.615. The molecule has 0 fully saturated rings. The Bertz CT molecular complexity index is 421. The van der Waals surface area contributed by atoms with Gasteiger partial charge in [0.15, 0.2) is 0 Å². The van der Waals surface area contributed by atoms with Crippen LogP contribution in [0.5, 0.6) is 5.75 Å². The maximum absolute atomic E-state index is 10.9. The summed E-state index contributed by atoms with van der Waals surface area (Å²) in [6.45, 7) is 0.743. The number of halogens is 1. The lowest BCUT2D eigenvalue weighted by molar-refractivity contribution is -0.385. The van der Waals surface area contributed by atoms with Gasteiger partial charge in [0.1, 0.15) is 5.75 Å². The molecular weight excluding hydrogens is 288 g/mol. The highest BCUT2D eigenvalue weighted by molar-refractivity contribution is 9.10. The minimum absolute atomic E-state index is 0.125. The lowest BCUT2D eigenvalue weighted by Gasteiger charge is -2.12. The van der Waals surface area contributed by atoms with Crippen LogP contribution in [-0.2, 0) is 6.42 Å². The van der Waals surface area contributed by atoms with Crippen molar-refractivity contribution in [3.05, 3.63) is 32.3 Å². The molecule has 0 unspecified atom stereocenters. The number of nitro groups is 1. The van der Waals surface area contributed by atoms with Crippen molar-refractivity contribution in [1.29, 1.82) is 0 Å². The molecule has 0 aliphatic rings. The van der Waals surface area contributed by atoms with Gasteiger partial charge in [0.2, 0.25) is 0 Å². The summed E-state index contributed by atoms with van der Waals surface area (Å²) in [7, 11) is 5.40. The van der Waals surface area contributed by atoms with Gasteiger partial charge in [-0.15, -0.1) is 0 Å². The van der Waals surface area contributed by atoms with E-state index in [1.54, 1.807) is 13.2 Å². The van der Waals surface area contributed by atoms with Crippen molar-refractivity contribution in [2.75, 3.05) is 27.7 Å². The van der Waals surface area contributed by atoms with Crippen molar-refractivity contribution in [2.24, 2.45) is 0 Å². The zero-order chi connectivity index (χ0) is 13.0. The van der Waals surface area contributed by atoms with Crippen LogP contribution in [0, 0.1) is 10.1 Å². The van der Waals surface area contributed by atoms with Crippen LogP contribution in [0.4, 0.5) is 5.69 Å². The fraction of sp³-hybridized carbons (Fsp3) is 0.455. The summed E-state index contributed by atoms with van der Waals surface area (Å²) in [6, 6.07) is 3.08. The zero-order valence-electron chi connectivity index (χ0n) is 10.1. The van der Waals surface area contributed by atoms with Crippen molar-refractivity contribution in [3.8, 4) is 5.75 Å². The maximum atomic E-state index is 10.9. The molecule has 6 heteroatoms. The lowest BCUT2D eigenvalue weighted by Crippen LogP contribution is -2.16. The molecule has 0 spiro atoms. The highest BCUT2D eigenvalue weighted by Gasteiger charge is 2.19. The van der Waals surface area contributed by atoms with E-state index in [-0.39, 0.29) is 10.6 Å². The number of hydrogen-bond acceptors (Lipinski definition) is 4. The SMILES string of the molecule is COc1ccc([N+](=O)[O-])c(CCN(C)C)c1Br. The second-order valence-electron chi connectivity index (χ2n) is 3.89. The largest absolute Gasteiger partial charge is 0.496 e. The number of likely N-dealkylation sites (N-methyl/N-ethyl adjacent to an activating group) is 1. The molecule has 94 valence electrons. The summed E-state index contributed by atoms with van der Waals surface area (Å²) >= 11 is 3.36. The third kappa shape index (κ3) is 3.41. The van der Waals surface area contributed by atoms with Crippen molar-refractivity contribution >= 4 is 21.6 Å². The second-order valence-corrected chi connectivity index (χ2v) is 4.68. The number of rotatable bonds is 5. The van der Waals surface area contributed by atoms with Crippen molar-refractivity contribution in [2.45, 2.75) is 6.42 Å². The average Bonchev–Trinajstić information content (AvgIpc) is 2.26. The van der Waals surface area contributed by atoms with Crippen LogP contribution in [0.3, 0.4) is 0 Å². The van der Waals surface area contributed by atoms with Crippen LogP contribution in [0.1, 0.15) is 5.56 Å². The van der Waals surface area contributed by atoms with Crippen molar-refractivity contribution in [3.63, 3.8) is 0 Å². The Morgan fingerprint density at radius 1 is 1.47 bits per heavy atom. The number of benzene rings is 1. The number of hydrogen-bond donors (Lipinski definition) is 0. The monoisotopic (exact) mass is 302 g/mol. The minimum atomic E-state index is -0.366. The number of nitrogens with zero attached hydrogens (tertiary/aromatic N) is 2. The van der Waals surface area contributed by atoms with E-state index in [0.717, 1.165) is 6.54 Å². The molecule has 1 aromatic rings. The van der Waals surface area contributed by atoms with E-state index < -0.39 is 0 Å². The second kappa shape index (κ2) is 5.97. The molecule has 0 saturated carbocycles. The zero-order valence-corrected chi connectivity index (χ0v) is 11.7. The molecule has 0 heterocycles. The summed E-state index contributed by atoms with van der Waals surface area (Å²) in [6.07, 6.45) is 0.598. The van der Waals surface area contributed by atoms with E-state index in [0.29, 0.717) is 22.2 Å². The topological polar surface area (TPSA) is 55.6 Å². The average molecular weight is 303 g/mol. The normalized spacial score (nSPS) is 10.6. The highest BCUT2D eigenvalue weighted by atomic mass is 79.9. The maximum Gasteiger partial charge on any atom is 0.274 e. The molecule has 0 aliphatic heterocycles. The first-order valence-electron chi connectivity index (χ1n) is 5.12. The molecule has 17 heavy (non-hydrogen) atoms. The first kappa shape index (κ1) is 13.9. The molecule has 0 saturated heterocycles. The Morgan fingerprint density at radius 3 is 2.59 bits per heavy atom. The van der Waals surface area contributed by atoms with Gasteiger partial charge in [-0.05, 0) is 42.5 Å². The van der Waals surface area contributed by atoms with Gasteiger partial charge in [-0.2, -0.15) is 0 Å². The smallest absolute Gasteiger partial charge is 0.274 e. The molecule has 0 N–H and O–H groups in total. The van der Waals surface area contributed by atoms with Gasteiger partial charge in [-0.1, -0.05) is 0 Å². The van der Waals surface area contributed by atoms with E-state index in [9.17, 15) is 10.1 Å². The first-order chi connectivity index (χ1) is 7.97. The Kier molecular flexibility index (Phi) is 4.89. The fourth-order valence-electron chi connectivity index (χ4n) is 1.49. The number of ether oxygens (including phenoxy) is 1. The Morgan fingerprint density at radius 2 is 2.12 bits per heavy atom. The quantitative estimate of drug-likeness (QED) is 0.619. The van der Waals surface area contributed by atoms with Gasteiger partial charge < -0.3 is 9.64 Å². The standard InChI is InChI=1S/C11H15BrN2O3/c1-13(2)7-6-8-9(14(15)16)4-5-10(17-3)11(8)12/h4-5H,6-7H2,1-3H3. The molecule has 0 amide bonds. The van der Waals surface area contributed by atoms with Gasteiger partial charge in [-0.3, -0.25) is 10.1 Å². The van der Waals surface area contributed by atoms with Gasteiger partial charge >= 0.3 is 0 Å². The Hall–Kier alpha value is -1.14. The van der Waals surface area contributed by atoms with Crippen molar-refractivity contribution < 1.29 is 9.66 Å². The molecule has 0 radical (unpaired) electrons. The van der Waals surface area contributed by atoms with E-state index in [2.05, 4.69) is 15.9 Å². The predicted molar refractivity (Wildman–Crippen MR) is 69.6 cm³/mol. The number of nitro benzene ring substituents is 1. The third-order valence-electron chi connectivity index (χ3n) is 2.41. The van der Waals surface area contributed by atoms with E-state index in [4.69, 9.17) is 4.74 Å². The van der Waals surface area contributed by atoms with Crippen LogP contribution in [0.15, 0.2) is 16.6 Å². The van der Waals surface area contributed by atoms with Gasteiger partial charge in [0.05, 0.1) is 16.5 Å². The van der Waals surface area contributed by atoms with Crippen LogP contribution < -0.4 is 4.74 Å². The molecule has 0 atom stereocenters. The summed E-state index contributed by atoms with van der Waals surface area (Å²) in [5, 5.41) is 10.9. The van der Waals surface area contributed by atoms with Crippen LogP contribution in [-0.4, -0.2) is 37.6 Å². The van der Waals surface area contributed by atoms with Gasteiger partial charge in [-0.25, -0.2) is 0 Å². The van der Waals surface area contributed by atoms with Gasteiger partial charge in [0, 0.05) is 18.2 Å². The molecule has 1 aromatic carbocycles. The number of methoxy groups -OCH3 is 1. The summed E-state index contributed by atoms with van der Waals surface area (Å²) in [5.41, 5.74) is 0.794. The van der Waals surface area contributed by atoms with E-state index in [1.807, 2.05) is 19.0 Å². The van der Waals surface area contributed by atoms with E-state index in [1.165, 1.54) is 6.07 Å². The minimum Gasteiger partial charge on any atom is -0.496 e. The van der Waals surface area contributed by atoms with E-state index >= 15 is 0 Å². The van der Waals surface area contributed by atoms with Gasteiger partial charge in [0.25, 0.3) is 5.69 Å². The molecule has 1 rings (SSSR count). The summed E-state index contributed by atoms with van der Waals surface area (Å²) < 4.78 is 5.81. The first-order valence-corrected chi connectivity index (χ1v) is 5.91. The fourth-order valence-corrected chi connectivity index (χ4v) is 2.19. The molecule has 5 nitrogen and oxygen atoms in total. The van der Waals surface area contributed by atoms with Crippen molar-refractivity contribution in [1.82, 2.24) is 4.90 Å². The molecule has 0 aliphatic carbocycles. The van der Waals surface area contributed by atoms with Crippen LogP contribution >= 0.6 is 15.9 Å². The van der Waals surface area contributed by atoms with Crippen LogP contribution in [0.25, 0.3) is 0 Å². The molecular formula is C11H15BrN2O3. The lowest BCUT2D eigenvalue weighted by atomic mass is 10.1. The Labute approximate surface area is 109 Å². The Balaban J connectivity index is 3.15. The highest BCUT2D eigenvalue weighted by Crippen LogP contribution is 2.35. The van der Waals surface area contributed by atoms with Crippen LogP contribution in [0.2, 0.25) is 0 Å². The predicted octanol–water partition coefficient (Wildman–Crippen LogP) is 2.47. The summed E-state index contributed by atoms with van der Waals surface area (Å²) in [4.78, 5) is 12.6.